The van der Waals surface area contributed by atoms with Gasteiger partial charge in [-0.1, -0.05) is 6.07 Å². The van der Waals surface area contributed by atoms with Crippen LogP contribution in [0.25, 0.3) is 0 Å². The predicted molar refractivity (Wildman–Crippen MR) is 82.7 cm³/mol. The molecule has 0 aliphatic heterocycles. The Morgan fingerprint density at radius 1 is 1.30 bits per heavy atom. The molecule has 0 saturated heterocycles. The Balaban J connectivity index is 2.25. The van der Waals surface area contributed by atoms with Gasteiger partial charge in [-0.2, -0.15) is 0 Å². The van der Waals surface area contributed by atoms with Crippen molar-refractivity contribution in [3.63, 3.8) is 0 Å². The van der Waals surface area contributed by atoms with E-state index in [2.05, 4.69) is 26.0 Å². The van der Waals surface area contributed by atoms with Gasteiger partial charge in [-0.25, -0.2) is 13.1 Å². The highest BCUT2D eigenvalue weighted by Gasteiger charge is 2.14. The van der Waals surface area contributed by atoms with E-state index in [1.165, 1.54) is 30.5 Å². The number of halogens is 1. The van der Waals surface area contributed by atoms with Gasteiger partial charge < -0.3 is 5.32 Å². The molecule has 1 aromatic heterocycles. The predicted octanol–water partition coefficient (Wildman–Crippen LogP) is 2.67. The molecule has 0 spiro atoms. The fraction of sp³-hybridized carbons (Fsp3) is 0.0833. The van der Waals surface area contributed by atoms with Crippen LogP contribution in [-0.4, -0.2) is 21.4 Å². The minimum Gasteiger partial charge on any atom is -0.321 e. The van der Waals surface area contributed by atoms with Crippen molar-refractivity contribution in [2.45, 2.75) is 4.90 Å². The van der Waals surface area contributed by atoms with Gasteiger partial charge in [0.2, 0.25) is 10.0 Å². The number of benzene rings is 1. The monoisotopic (exact) mass is 374 g/mol. The van der Waals surface area contributed by atoms with Crippen molar-refractivity contribution in [1.82, 2.24) is 4.72 Å². The number of sulfonamides is 1. The minimum atomic E-state index is -3.53. The summed E-state index contributed by atoms with van der Waals surface area (Å²) in [5.74, 6) is -0.286. The van der Waals surface area contributed by atoms with Crippen molar-refractivity contribution in [2.75, 3.05) is 12.4 Å². The summed E-state index contributed by atoms with van der Waals surface area (Å²) < 4.78 is 26.3. The summed E-state index contributed by atoms with van der Waals surface area (Å²) in [6, 6.07) is 7.85. The van der Waals surface area contributed by atoms with E-state index in [9.17, 15) is 13.2 Å². The standard InChI is InChI=1S/C12H11BrN2O3S2/c1-14-20(17,18)9-4-2-3-8(7-9)15-12(16)11-10(13)5-6-19-11/h2-7,14H,1H3,(H,15,16). The zero-order valence-corrected chi connectivity index (χ0v) is 13.6. The lowest BCUT2D eigenvalue weighted by atomic mass is 10.3. The van der Waals surface area contributed by atoms with Crippen LogP contribution in [-0.2, 0) is 10.0 Å². The van der Waals surface area contributed by atoms with E-state index in [-0.39, 0.29) is 10.8 Å². The molecule has 0 aliphatic rings. The first-order valence-electron chi connectivity index (χ1n) is 5.52. The smallest absolute Gasteiger partial charge is 0.266 e. The Labute approximate surface area is 129 Å². The van der Waals surface area contributed by atoms with Gasteiger partial charge in [0.25, 0.3) is 5.91 Å². The van der Waals surface area contributed by atoms with Crippen LogP contribution in [0, 0.1) is 0 Å². The fourth-order valence-corrected chi connectivity index (χ4v) is 3.72. The molecule has 1 amide bonds. The van der Waals surface area contributed by atoms with Crippen LogP contribution in [0.5, 0.6) is 0 Å². The Hall–Kier alpha value is -1.22. The lowest BCUT2D eigenvalue weighted by Gasteiger charge is -2.07. The molecular formula is C12H11BrN2O3S2. The van der Waals surface area contributed by atoms with Gasteiger partial charge in [0.1, 0.15) is 4.88 Å². The lowest BCUT2D eigenvalue weighted by Crippen LogP contribution is -2.19. The molecule has 2 N–H and O–H groups in total. The van der Waals surface area contributed by atoms with Crippen LogP contribution in [0.2, 0.25) is 0 Å². The maximum absolute atomic E-state index is 12.0. The van der Waals surface area contributed by atoms with Crippen LogP contribution < -0.4 is 10.0 Å². The molecule has 2 rings (SSSR count). The van der Waals surface area contributed by atoms with Gasteiger partial charge in [0.05, 0.1) is 4.90 Å². The van der Waals surface area contributed by atoms with Crippen molar-refractivity contribution in [1.29, 1.82) is 0 Å². The number of carbonyl (C=O) groups excluding carboxylic acids is 1. The summed E-state index contributed by atoms with van der Waals surface area (Å²) in [4.78, 5) is 12.7. The highest BCUT2D eigenvalue weighted by atomic mass is 79.9. The molecule has 0 bridgehead atoms. The van der Waals surface area contributed by atoms with E-state index in [1.807, 2.05) is 0 Å². The zero-order chi connectivity index (χ0) is 14.8. The Kier molecular flexibility index (Phi) is 4.59. The van der Waals surface area contributed by atoms with Gasteiger partial charge in [-0.15, -0.1) is 11.3 Å². The zero-order valence-electron chi connectivity index (χ0n) is 10.4. The van der Waals surface area contributed by atoms with Gasteiger partial charge in [-0.05, 0) is 52.6 Å². The summed E-state index contributed by atoms with van der Waals surface area (Å²) in [5.41, 5.74) is 0.423. The maximum Gasteiger partial charge on any atom is 0.266 e. The van der Waals surface area contributed by atoms with Gasteiger partial charge in [0, 0.05) is 10.2 Å². The second-order valence-electron chi connectivity index (χ2n) is 3.79. The van der Waals surface area contributed by atoms with E-state index in [0.717, 1.165) is 0 Å². The topological polar surface area (TPSA) is 75.3 Å². The highest BCUT2D eigenvalue weighted by Crippen LogP contribution is 2.24. The Morgan fingerprint density at radius 3 is 2.65 bits per heavy atom. The first-order valence-corrected chi connectivity index (χ1v) is 8.67. The quantitative estimate of drug-likeness (QED) is 0.863. The molecule has 0 unspecified atom stereocenters. The number of anilines is 1. The summed E-state index contributed by atoms with van der Waals surface area (Å²) in [6.45, 7) is 0. The lowest BCUT2D eigenvalue weighted by molar-refractivity contribution is 0.103. The van der Waals surface area contributed by atoms with E-state index in [4.69, 9.17) is 0 Å². The summed E-state index contributed by atoms with van der Waals surface area (Å²) in [7, 11) is -2.19. The van der Waals surface area contributed by atoms with Crippen LogP contribution in [0.1, 0.15) is 9.67 Å². The van der Waals surface area contributed by atoms with Crippen molar-refractivity contribution in [3.8, 4) is 0 Å². The molecule has 0 radical (unpaired) electrons. The number of amides is 1. The fourth-order valence-electron chi connectivity index (χ4n) is 1.50. The minimum absolute atomic E-state index is 0.100. The number of thiophene rings is 1. The van der Waals surface area contributed by atoms with Crippen LogP contribution in [0.15, 0.2) is 45.1 Å². The van der Waals surface area contributed by atoms with Crippen molar-refractivity contribution >= 4 is 48.9 Å². The molecule has 0 saturated carbocycles. The molecule has 5 nitrogen and oxygen atoms in total. The summed E-state index contributed by atoms with van der Waals surface area (Å²) in [5, 5.41) is 4.46. The number of carbonyl (C=O) groups is 1. The van der Waals surface area contributed by atoms with Crippen LogP contribution in [0.3, 0.4) is 0 Å². The van der Waals surface area contributed by atoms with Crippen molar-refractivity contribution < 1.29 is 13.2 Å². The largest absolute Gasteiger partial charge is 0.321 e. The molecule has 8 heteroatoms. The maximum atomic E-state index is 12.0. The number of rotatable bonds is 4. The Morgan fingerprint density at radius 2 is 2.05 bits per heavy atom. The molecular weight excluding hydrogens is 364 g/mol. The molecule has 1 aromatic carbocycles. The second kappa shape index (κ2) is 6.04. The molecule has 2 aromatic rings. The first-order chi connectivity index (χ1) is 9.44. The molecule has 106 valence electrons. The number of nitrogens with one attached hydrogen (secondary N) is 2. The van der Waals surface area contributed by atoms with E-state index < -0.39 is 10.0 Å². The van der Waals surface area contributed by atoms with Crippen molar-refractivity contribution in [3.05, 3.63) is 45.1 Å². The first kappa shape index (κ1) is 15.2. The number of hydrogen-bond donors (Lipinski definition) is 2. The Bertz CT molecular complexity index is 741. The highest BCUT2D eigenvalue weighted by molar-refractivity contribution is 9.10. The molecule has 0 fully saturated rings. The SMILES string of the molecule is CNS(=O)(=O)c1cccc(NC(=O)c2sccc2Br)c1. The van der Waals surface area contributed by atoms with E-state index in [1.54, 1.807) is 23.6 Å². The van der Waals surface area contributed by atoms with Crippen LogP contribution in [0.4, 0.5) is 5.69 Å². The van der Waals surface area contributed by atoms with Crippen LogP contribution >= 0.6 is 27.3 Å². The average molecular weight is 375 g/mol. The van der Waals surface area contributed by atoms with Gasteiger partial charge in [-0.3, -0.25) is 4.79 Å². The van der Waals surface area contributed by atoms with Gasteiger partial charge in [0.15, 0.2) is 0 Å². The molecule has 0 atom stereocenters. The molecule has 1 heterocycles. The summed E-state index contributed by atoms with van der Waals surface area (Å²) >= 11 is 4.58. The normalized spacial score (nSPS) is 11.3. The van der Waals surface area contributed by atoms with Gasteiger partial charge >= 0.3 is 0 Å². The summed E-state index contributed by atoms with van der Waals surface area (Å²) in [6.07, 6.45) is 0. The second-order valence-corrected chi connectivity index (χ2v) is 7.44. The average Bonchev–Trinajstić information content (AvgIpc) is 2.85. The van der Waals surface area contributed by atoms with E-state index >= 15 is 0 Å². The van der Waals surface area contributed by atoms with Crippen molar-refractivity contribution in [2.24, 2.45) is 0 Å². The van der Waals surface area contributed by atoms with E-state index in [0.29, 0.717) is 15.0 Å². The third-order valence-corrected chi connectivity index (χ3v) is 5.74. The third-order valence-electron chi connectivity index (χ3n) is 2.49. The molecule has 20 heavy (non-hydrogen) atoms. The third kappa shape index (κ3) is 3.26. The number of hydrogen-bond acceptors (Lipinski definition) is 4. The molecule has 0 aliphatic carbocycles.